The van der Waals surface area contributed by atoms with Gasteiger partial charge in [-0.1, -0.05) is 24.3 Å². The maximum Gasteiger partial charge on any atom is 0.130 e. The Morgan fingerprint density at radius 2 is 1.83 bits per heavy atom. The van der Waals surface area contributed by atoms with Crippen LogP contribution in [0.1, 0.15) is 5.69 Å². The first kappa shape index (κ1) is 18.2. The summed E-state index contributed by atoms with van der Waals surface area (Å²) in [4.78, 5) is 6.78. The molecule has 0 aliphatic carbocycles. The predicted octanol–water partition coefficient (Wildman–Crippen LogP) is 4.98. The Labute approximate surface area is 175 Å². The molecule has 1 aliphatic rings. The van der Waals surface area contributed by atoms with Crippen LogP contribution in [0.3, 0.4) is 0 Å². The van der Waals surface area contributed by atoms with Crippen LogP contribution in [0.15, 0.2) is 91.3 Å². The van der Waals surface area contributed by atoms with Crippen molar-refractivity contribution in [2.75, 3.05) is 13.6 Å². The van der Waals surface area contributed by atoms with Crippen molar-refractivity contribution in [2.24, 2.45) is 0 Å². The monoisotopic (exact) mass is 394 g/mol. The lowest BCUT2D eigenvalue weighted by Gasteiger charge is -2.16. The quantitative estimate of drug-likeness (QED) is 0.479. The Morgan fingerprint density at radius 1 is 0.967 bits per heavy atom. The van der Waals surface area contributed by atoms with E-state index in [9.17, 15) is 0 Å². The van der Waals surface area contributed by atoms with Gasteiger partial charge in [-0.25, -0.2) is 9.67 Å². The molecule has 0 N–H and O–H groups in total. The van der Waals surface area contributed by atoms with Crippen LogP contribution in [0.4, 0.5) is 0 Å². The Balaban J connectivity index is 1.26. The smallest absolute Gasteiger partial charge is 0.130 e. The molecule has 0 fully saturated rings. The molecule has 3 heterocycles. The van der Waals surface area contributed by atoms with E-state index in [1.807, 2.05) is 65.5 Å². The SMILES string of the molecule is CN1C=CC(n2ccc(-c3ccc(OCc4ccc5ccccc5n4)cc3)n2)=CC1. The molecule has 0 amide bonds. The highest BCUT2D eigenvalue weighted by Gasteiger charge is 2.07. The van der Waals surface area contributed by atoms with Gasteiger partial charge in [0.2, 0.25) is 0 Å². The topological polar surface area (TPSA) is 43.2 Å². The normalized spacial score (nSPS) is 13.5. The predicted molar refractivity (Wildman–Crippen MR) is 120 cm³/mol. The van der Waals surface area contributed by atoms with Crippen molar-refractivity contribution in [2.45, 2.75) is 6.61 Å². The van der Waals surface area contributed by atoms with E-state index in [0.717, 1.165) is 45.8 Å². The average molecular weight is 394 g/mol. The second-order valence-corrected chi connectivity index (χ2v) is 7.34. The number of para-hydroxylation sites is 1. The fraction of sp³-hybridized carbons (Fsp3) is 0.120. The summed E-state index contributed by atoms with van der Waals surface area (Å²) in [6.45, 7) is 1.33. The number of aromatic nitrogens is 3. The summed E-state index contributed by atoms with van der Waals surface area (Å²) in [6.07, 6.45) is 8.28. The number of nitrogens with zero attached hydrogens (tertiary/aromatic N) is 4. The number of fused-ring (bicyclic) bond motifs is 1. The molecule has 0 radical (unpaired) electrons. The van der Waals surface area contributed by atoms with E-state index in [1.54, 1.807) is 0 Å². The number of benzene rings is 2. The van der Waals surface area contributed by atoms with Gasteiger partial charge in [0.15, 0.2) is 0 Å². The molecule has 0 bridgehead atoms. The summed E-state index contributed by atoms with van der Waals surface area (Å²) in [5, 5.41) is 5.84. The summed E-state index contributed by atoms with van der Waals surface area (Å²) in [7, 11) is 2.05. The molecule has 0 atom stereocenters. The van der Waals surface area contributed by atoms with E-state index in [4.69, 9.17) is 9.84 Å². The van der Waals surface area contributed by atoms with Crippen molar-refractivity contribution < 1.29 is 4.74 Å². The molecule has 5 nitrogen and oxygen atoms in total. The first-order valence-electron chi connectivity index (χ1n) is 9.97. The van der Waals surface area contributed by atoms with Crippen LogP contribution in [0.5, 0.6) is 5.75 Å². The lowest BCUT2D eigenvalue weighted by molar-refractivity contribution is 0.302. The standard InChI is InChI=1S/C25H22N4O/c1-28-15-12-22(13-16-28)29-17-14-25(27-29)20-7-10-23(11-8-20)30-18-21-9-6-19-4-2-3-5-24(19)26-21/h2-15,17H,16,18H2,1H3. The molecule has 1 aliphatic heterocycles. The third-order valence-electron chi connectivity index (χ3n) is 5.13. The van der Waals surface area contributed by atoms with Crippen molar-refractivity contribution in [3.8, 4) is 17.0 Å². The minimum absolute atomic E-state index is 0.438. The lowest BCUT2D eigenvalue weighted by atomic mass is 10.1. The summed E-state index contributed by atoms with van der Waals surface area (Å²) < 4.78 is 7.84. The first-order chi connectivity index (χ1) is 14.7. The van der Waals surface area contributed by atoms with E-state index >= 15 is 0 Å². The molecule has 4 aromatic rings. The van der Waals surface area contributed by atoms with Gasteiger partial charge in [-0.3, -0.25) is 0 Å². The fourth-order valence-electron chi connectivity index (χ4n) is 3.43. The van der Waals surface area contributed by atoms with E-state index in [-0.39, 0.29) is 0 Å². The van der Waals surface area contributed by atoms with Gasteiger partial charge in [0.25, 0.3) is 0 Å². The molecule has 148 valence electrons. The van der Waals surface area contributed by atoms with Crippen LogP contribution < -0.4 is 4.74 Å². The van der Waals surface area contributed by atoms with Gasteiger partial charge in [-0.2, -0.15) is 5.10 Å². The van der Waals surface area contributed by atoms with Gasteiger partial charge in [0.05, 0.1) is 22.6 Å². The number of allylic oxidation sites excluding steroid dienone is 2. The zero-order valence-electron chi connectivity index (χ0n) is 16.8. The number of ether oxygens (including phenoxy) is 1. The molecule has 30 heavy (non-hydrogen) atoms. The molecular formula is C25H22N4O. The van der Waals surface area contributed by atoms with E-state index < -0.39 is 0 Å². The Bertz CT molecular complexity index is 1240. The zero-order chi connectivity index (χ0) is 20.3. The Hall–Kier alpha value is -3.86. The highest BCUT2D eigenvalue weighted by Crippen LogP contribution is 2.23. The first-order valence-corrected chi connectivity index (χ1v) is 9.97. The van der Waals surface area contributed by atoms with E-state index in [0.29, 0.717) is 6.61 Å². The fourth-order valence-corrected chi connectivity index (χ4v) is 3.43. The van der Waals surface area contributed by atoms with Crippen molar-refractivity contribution in [1.82, 2.24) is 19.7 Å². The Morgan fingerprint density at radius 3 is 2.67 bits per heavy atom. The van der Waals surface area contributed by atoms with E-state index in [2.05, 4.69) is 47.4 Å². The van der Waals surface area contributed by atoms with Crippen molar-refractivity contribution in [1.29, 1.82) is 0 Å². The van der Waals surface area contributed by atoms with Crippen LogP contribution in [0.25, 0.3) is 27.9 Å². The van der Waals surface area contributed by atoms with Gasteiger partial charge >= 0.3 is 0 Å². The van der Waals surface area contributed by atoms with Crippen molar-refractivity contribution >= 4 is 16.6 Å². The second kappa shape index (κ2) is 7.87. The number of likely N-dealkylation sites (N-methyl/N-ethyl adjacent to an activating group) is 1. The van der Waals surface area contributed by atoms with Crippen molar-refractivity contribution in [3.05, 3.63) is 97.0 Å². The molecule has 2 aromatic carbocycles. The van der Waals surface area contributed by atoms with Crippen LogP contribution >= 0.6 is 0 Å². The number of pyridine rings is 1. The maximum atomic E-state index is 5.93. The van der Waals surface area contributed by atoms with Crippen LogP contribution in [-0.2, 0) is 6.61 Å². The highest BCUT2D eigenvalue weighted by molar-refractivity contribution is 5.78. The van der Waals surface area contributed by atoms with Gasteiger partial charge in [-0.05, 0) is 54.6 Å². The number of hydrogen-bond donors (Lipinski definition) is 0. The van der Waals surface area contributed by atoms with Gasteiger partial charge in [-0.15, -0.1) is 0 Å². The van der Waals surface area contributed by atoms with E-state index in [1.165, 1.54) is 0 Å². The molecule has 5 heteroatoms. The number of hydrogen-bond acceptors (Lipinski definition) is 4. The third-order valence-corrected chi connectivity index (χ3v) is 5.13. The van der Waals surface area contributed by atoms with Gasteiger partial charge in [0.1, 0.15) is 12.4 Å². The van der Waals surface area contributed by atoms with Crippen LogP contribution in [0, 0.1) is 0 Å². The molecule has 5 rings (SSSR count). The molecule has 0 spiro atoms. The number of rotatable bonds is 5. The highest BCUT2D eigenvalue weighted by atomic mass is 16.5. The minimum Gasteiger partial charge on any atom is -0.487 e. The lowest BCUT2D eigenvalue weighted by Crippen LogP contribution is -2.15. The molecule has 0 saturated carbocycles. The zero-order valence-corrected chi connectivity index (χ0v) is 16.8. The van der Waals surface area contributed by atoms with Crippen LogP contribution in [0.2, 0.25) is 0 Å². The summed E-state index contributed by atoms with van der Waals surface area (Å²) >= 11 is 0. The Kier molecular flexibility index (Phi) is 4.77. The van der Waals surface area contributed by atoms with Gasteiger partial charge in [0, 0.05) is 36.9 Å². The molecule has 0 saturated heterocycles. The molecular weight excluding hydrogens is 372 g/mol. The second-order valence-electron chi connectivity index (χ2n) is 7.34. The largest absolute Gasteiger partial charge is 0.487 e. The third kappa shape index (κ3) is 3.82. The maximum absolute atomic E-state index is 5.93. The summed E-state index contributed by atoms with van der Waals surface area (Å²) in [5.74, 6) is 0.814. The molecule has 2 aromatic heterocycles. The van der Waals surface area contributed by atoms with Gasteiger partial charge < -0.3 is 9.64 Å². The summed E-state index contributed by atoms with van der Waals surface area (Å²) in [5.41, 5.74) is 4.98. The van der Waals surface area contributed by atoms with Crippen LogP contribution in [-0.4, -0.2) is 33.3 Å². The minimum atomic E-state index is 0.438. The molecule has 0 unspecified atom stereocenters. The van der Waals surface area contributed by atoms with Crippen molar-refractivity contribution in [3.63, 3.8) is 0 Å². The summed E-state index contributed by atoms with van der Waals surface area (Å²) in [6, 6.07) is 22.2. The average Bonchev–Trinajstić information content (AvgIpc) is 3.29.